The maximum atomic E-state index is 10.4. The molecule has 21 heavy (non-hydrogen) atoms. The third-order valence-electron chi connectivity index (χ3n) is 5.35. The van der Waals surface area contributed by atoms with Gasteiger partial charge in [-0.25, -0.2) is 4.98 Å². The van der Waals surface area contributed by atoms with Crippen molar-refractivity contribution in [3.05, 3.63) is 15.6 Å². The first kappa shape index (κ1) is 15.4. The molecule has 0 aromatic carbocycles. The molecule has 0 amide bonds. The van der Waals surface area contributed by atoms with Crippen LogP contribution in [0.1, 0.15) is 60.5 Å². The van der Waals surface area contributed by atoms with Gasteiger partial charge in [-0.2, -0.15) is 0 Å². The summed E-state index contributed by atoms with van der Waals surface area (Å²) in [6, 6.07) is 0.568. The van der Waals surface area contributed by atoms with E-state index in [4.69, 9.17) is 4.98 Å². The van der Waals surface area contributed by atoms with E-state index in [-0.39, 0.29) is 6.10 Å². The summed E-state index contributed by atoms with van der Waals surface area (Å²) in [5.74, 6) is 0.487. The lowest BCUT2D eigenvalue weighted by Crippen LogP contribution is -2.48. The molecule has 1 saturated heterocycles. The van der Waals surface area contributed by atoms with Gasteiger partial charge in [-0.05, 0) is 46.1 Å². The van der Waals surface area contributed by atoms with Crippen LogP contribution in [0.4, 0.5) is 0 Å². The molecule has 2 heterocycles. The van der Waals surface area contributed by atoms with Gasteiger partial charge in [-0.1, -0.05) is 19.3 Å². The second-order valence-corrected chi connectivity index (χ2v) is 8.09. The van der Waals surface area contributed by atoms with Crippen LogP contribution in [0.25, 0.3) is 0 Å². The van der Waals surface area contributed by atoms with Crippen LogP contribution in [0.15, 0.2) is 0 Å². The molecular formula is C17H28N2OS. The summed E-state index contributed by atoms with van der Waals surface area (Å²) in [6.07, 6.45) is 8.50. The standard InChI is InChI=1S/C17H28N2OS/c1-12-13(2)21-17(18-12)11-19-10-6-5-8-15(19)14-7-3-4-9-16(14)20/h14-16,20H,3-11H2,1-2H3. The molecule has 2 fully saturated rings. The van der Waals surface area contributed by atoms with E-state index in [0.29, 0.717) is 12.0 Å². The molecule has 3 unspecified atom stereocenters. The number of hydrogen-bond acceptors (Lipinski definition) is 4. The summed E-state index contributed by atoms with van der Waals surface area (Å²) in [5, 5.41) is 11.7. The first-order chi connectivity index (χ1) is 10.1. The number of thiazole rings is 1. The molecule has 1 saturated carbocycles. The Bertz CT molecular complexity index is 454. The number of piperidine rings is 1. The highest BCUT2D eigenvalue weighted by Gasteiger charge is 2.35. The van der Waals surface area contributed by atoms with Gasteiger partial charge in [-0.15, -0.1) is 11.3 Å². The Labute approximate surface area is 132 Å². The number of rotatable bonds is 3. The largest absolute Gasteiger partial charge is 0.393 e. The lowest BCUT2D eigenvalue weighted by molar-refractivity contribution is -0.00864. The molecule has 0 radical (unpaired) electrons. The topological polar surface area (TPSA) is 36.4 Å². The Morgan fingerprint density at radius 1 is 1.14 bits per heavy atom. The van der Waals surface area contributed by atoms with Crippen LogP contribution in [-0.4, -0.2) is 33.7 Å². The molecule has 3 atom stereocenters. The molecule has 1 aromatic heterocycles. The fraction of sp³-hybridized carbons (Fsp3) is 0.824. The molecule has 3 rings (SSSR count). The van der Waals surface area contributed by atoms with E-state index in [2.05, 4.69) is 18.7 Å². The Morgan fingerprint density at radius 2 is 1.90 bits per heavy atom. The summed E-state index contributed by atoms with van der Waals surface area (Å²) in [7, 11) is 0. The predicted molar refractivity (Wildman–Crippen MR) is 87.6 cm³/mol. The van der Waals surface area contributed by atoms with Gasteiger partial charge in [-0.3, -0.25) is 4.90 Å². The van der Waals surface area contributed by atoms with Crippen molar-refractivity contribution >= 4 is 11.3 Å². The SMILES string of the molecule is Cc1nc(CN2CCCCC2C2CCCCC2O)sc1C. The predicted octanol–water partition coefficient (Wildman–Crippen LogP) is 3.67. The molecule has 3 nitrogen and oxygen atoms in total. The zero-order valence-corrected chi connectivity index (χ0v) is 14.2. The highest BCUT2D eigenvalue weighted by Crippen LogP contribution is 2.35. The van der Waals surface area contributed by atoms with E-state index in [9.17, 15) is 5.11 Å². The minimum absolute atomic E-state index is 0.0795. The van der Waals surface area contributed by atoms with Crippen molar-refractivity contribution in [2.24, 2.45) is 5.92 Å². The normalized spacial score (nSPS) is 31.5. The summed E-state index contributed by atoms with van der Waals surface area (Å²) in [6.45, 7) is 6.42. The third-order valence-corrected chi connectivity index (χ3v) is 6.41. The van der Waals surface area contributed by atoms with Crippen LogP contribution in [0, 0.1) is 19.8 Å². The molecule has 1 N–H and O–H groups in total. The molecule has 1 aromatic rings. The molecular weight excluding hydrogens is 280 g/mol. The van der Waals surface area contributed by atoms with E-state index < -0.39 is 0 Å². The highest BCUT2D eigenvalue weighted by molar-refractivity contribution is 7.11. The fourth-order valence-electron chi connectivity index (χ4n) is 4.07. The van der Waals surface area contributed by atoms with Gasteiger partial charge in [0.05, 0.1) is 18.3 Å². The van der Waals surface area contributed by atoms with E-state index in [1.54, 1.807) is 0 Å². The van der Waals surface area contributed by atoms with Gasteiger partial charge in [0.15, 0.2) is 0 Å². The Morgan fingerprint density at radius 3 is 2.62 bits per heavy atom. The first-order valence-corrected chi connectivity index (χ1v) is 9.32. The van der Waals surface area contributed by atoms with Crippen molar-refractivity contribution in [2.75, 3.05) is 6.54 Å². The average Bonchev–Trinajstić information content (AvgIpc) is 2.79. The van der Waals surface area contributed by atoms with E-state index >= 15 is 0 Å². The maximum absolute atomic E-state index is 10.4. The quantitative estimate of drug-likeness (QED) is 0.925. The smallest absolute Gasteiger partial charge is 0.107 e. The highest BCUT2D eigenvalue weighted by atomic mass is 32.1. The minimum atomic E-state index is -0.0795. The molecule has 4 heteroatoms. The number of aliphatic hydroxyl groups excluding tert-OH is 1. The van der Waals surface area contributed by atoms with Crippen LogP contribution in [0.2, 0.25) is 0 Å². The number of aryl methyl sites for hydroxylation is 2. The Kier molecular flexibility index (Phi) is 4.97. The molecule has 1 aliphatic carbocycles. The lowest BCUT2D eigenvalue weighted by Gasteiger charge is -2.43. The summed E-state index contributed by atoms with van der Waals surface area (Å²) >= 11 is 1.84. The molecule has 0 bridgehead atoms. The molecule has 118 valence electrons. The Balaban J connectivity index is 1.71. The average molecular weight is 308 g/mol. The zero-order valence-electron chi connectivity index (χ0n) is 13.3. The van der Waals surface area contributed by atoms with E-state index in [1.165, 1.54) is 60.6 Å². The van der Waals surface area contributed by atoms with Crippen molar-refractivity contribution in [3.63, 3.8) is 0 Å². The first-order valence-electron chi connectivity index (χ1n) is 8.50. The maximum Gasteiger partial charge on any atom is 0.107 e. The number of likely N-dealkylation sites (tertiary alicyclic amines) is 1. The van der Waals surface area contributed by atoms with Crippen LogP contribution >= 0.6 is 11.3 Å². The van der Waals surface area contributed by atoms with Crippen molar-refractivity contribution in [1.29, 1.82) is 0 Å². The lowest BCUT2D eigenvalue weighted by atomic mass is 9.78. The number of nitrogens with zero attached hydrogens (tertiary/aromatic N) is 2. The minimum Gasteiger partial charge on any atom is -0.393 e. The second-order valence-electron chi connectivity index (χ2n) is 6.80. The van der Waals surface area contributed by atoms with Crippen LogP contribution in [0.3, 0.4) is 0 Å². The van der Waals surface area contributed by atoms with E-state index in [1.807, 2.05) is 11.3 Å². The van der Waals surface area contributed by atoms with Gasteiger partial charge in [0.1, 0.15) is 5.01 Å². The second kappa shape index (κ2) is 6.76. The van der Waals surface area contributed by atoms with Gasteiger partial charge >= 0.3 is 0 Å². The molecule has 0 spiro atoms. The monoisotopic (exact) mass is 308 g/mol. The fourth-order valence-corrected chi connectivity index (χ4v) is 5.03. The summed E-state index contributed by atoms with van der Waals surface area (Å²) in [4.78, 5) is 8.67. The van der Waals surface area contributed by atoms with Crippen molar-refractivity contribution < 1.29 is 5.11 Å². The zero-order chi connectivity index (χ0) is 14.8. The third kappa shape index (κ3) is 3.49. The van der Waals surface area contributed by atoms with E-state index in [0.717, 1.165) is 13.0 Å². The number of aliphatic hydroxyl groups is 1. The Hall–Kier alpha value is -0.450. The van der Waals surface area contributed by atoms with Crippen molar-refractivity contribution in [3.8, 4) is 0 Å². The van der Waals surface area contributed by atoms with Gasteiger partial charge in [0, 0.05) is 16.8 Å². The molecule has 1 aliphatic heterocycles. The molecule has 2 aliphatic rings. The van der Waals surface area contributed by atoms with Crippen LogP contribution in [-0.2, 0) is 6.54 Å². The van der Waals surface area contributed by atoms with Crippen LogP contribution in [0.5, 0.6) is 0 Å². The number of hydrogen-bond donors (Lipinski definition) is 1. The van der Waals surface area contributed by atoms with Gasteiger partial charge < -0.3 is 5.11 Å². The van der Waals surface area contributed by atoms with Crippen molar-refractivity contribution in [1.82, 2.24) is 9.88 Å². The van der Waals surface area contributed by atoms with Crippen molar-refractivity contribution in [2.45, 2.75) is 77.5 Å². The van der Waals surface area contributed by atoms with Crippen LogP contribution < -0.4 is 0 Å². The van der Waals surface area contributed by atoms with Gasteiger partial charge in [0.25, 0.3) is 0 Å². The summed E-state index contributed by atoms with van der Waals surface area (Å²) in [5.41, 5.74) is 1.18. The van der Waals surface area contributed by atoms with Gasteiger partial charge in [0.2, 0.25) is 0 Å². The summed E-state index contributed by atoms with van der Waals surface area (Å²) < 4.78 is 0. The number of aromatic nitrogens is 1.